The summed E-state index contributed by atoms with van der Waals surface area (Å²) in [6.45, 7) is 8.59. The van der Waals surface area contributed by atoms with Crippen LogP contribution >= 0.6 is 11.3 Å². The maximum atomic E-state index is 12.3. The molecule has 4 nitrogen and oxygen atoms in total. The predicted molar refractivity (Wildman–Crippen MR) is 71.5 cm³/mol. The lowest BCUT2D eigenvalue weighted by atomic mass is 10.2. The van der Waals surface area contributed by atoms with Crippen LogP contribution in [0.1, 0.15) is 10.4 Å². The molecule has 0 saturated carbocycles. The van der Waals surface area contributed by atoms with Crippen molar-refractivity contribution in [3.05, 3.63) is 39.3 Å². The van der Waals surface area contributed by atoms with Gasteiger partial charge in [-0.1, -0.05) is 6.58 Å². The van der Waals surface area contributed by atoms with Crippen LogP contribution in [0.3, 0.4) is 0 Å². The van der Waals surface area contributed by atoms with E-state index in [-0.39, 0.29) is 5.56 Å². The van der Waals surface area contributed by atoms with E-state index < -0.39 is 0 Å². The fourth-order valence-corrected chi connectivity index (χ4v) is 2.68. The summed E-state index contributed by atoms with van der Waals surface area (Å²) < 4.78 is 1.57. The molecule has 0 atom stereocenters. The summed E-state index contributed by atoms with van der Waals surface area (Å²) in [7, 11) is 0. The van der Waals surface area contributed by atoms with Crippen LogP contribution in [-0.2, 0) is 6.54 Å². The summed E-state index contributed by atoms with van der Waals surface area (Å²) in [5.74, 6) is 0. The van der Waals surface area contributed by atoms with Crippen LogP contribution in [0.5, 0.6) is 0 Å². The molecule has 0 radical (unpaired) electrons. The molecule has 0 aliphatic heterocycles. The van der Waals surface area contributed by atoms with Crippen molar-refractivity contribution >= 4 is 21.6 Å². The Morgan fingerprint density at radius 2 is 2.29 bits per heavy atom. The van der Waals surface area contributed by atoms with Gasteiger partial charge < -0.3 is 5.73 Å². The van der Waals surface area contributed by atoms with Gasteiger partial charge in [-0.25, -0.2) is 4.98 Å². The second-order valence-corrected chi connectivity index (χ2v) is 5.30. The SMILES string of the molecule is C=C(CN)Cn1cnc2sc(C)c(C)c2c1=O. The molecule has 0 amide bonds. The molecular weight excluding hydrogens is 234 g/mol. The third-order valence-corrected chi connectivity index (χ3v) is 3.95. The highest BCUT2D eigenvalue weighted by Crippen LogP contribution is 2.25. The summed E-state index contributed by atoms with van der Waals surface area (Å²) >= 11 is 1.55. The fourth-order valence-electron chi connectivity index (χ4n) is 1.69. The number of fused-ring (bicyclic) bond motifs is 1. The molecule has 0 saturated heterocycles. The van der Waals surface area contributed by atoms with E-state index in [0.717, 1.165) is 26.2 Å². The quantitative estimate of drug-likeness (QED) is 0.840. The lowest BCUT2D eigenvalue weighted by Gasteiger charge is -2.06. The van der Waals surface area contributed by atoms with Crippen molar-refractivity contribution in [2.24, 2.45) is 5.73 Å². The van der Waals surface area contributed by atoms with Crippen molar-refractivity contribution in [3.8, 4) is 0 Å². The molecule has 5 heteroatoms. The minimum atomic E-state index is -0.00792. The normalized spacial score (nSPS) is 11.0. The largest absolute Gasteiger partial charge is 0.327 e. The van der Waals surface area contributed by atoms with Crippen LogP contribution in [0.25, 0.3) is 10.2 Å². The number of nitrogens with two attached hydrogens (primary N) is 1. The minimum absolute atomic E-state index is 0.00792. The van der Waals surface area contributed by atoms with E-state index in [9.17, 15) is 4.79 Å². The van der Waals surface area contributed by atoms with Crippen molar-refractivity contribution in [1.29, 1.82) is 0 Å². The zero-order valence-electron chi connectivity index (χ0n) is 9.99. The summed E-state index contributed by atoms with van der Waals surface area (Å²) in [5, 5.41) is 0.722. The summed E-state index contributed by atoms with van der Waals surface area (Å²) in [6.07, 6.45) is 1.57. The number of thiophene rings is 1. The van der Waals surface area contributed by atoms with E-state index in [0.29, 0.717) is 13.1 Å². The summed E-state index contributed by atoms with van der Waals surface area (Å²) in [5.41, 5.74) is 7.32. The maximum absolute atomic E-state index is 12.3. The first-order chi connectivity index (χ1) is 8.04. The van der Waals surface area contributed by atoms with Crippen molar-refractivity contribution in [1.82, 2.24) is 9.55 Å². The first-order valence-corrected chi connectivity index (χ1v) is 6.18. The molecular formula is C12H15N3OS. The van der Waals surface area contributed by atoms with Gasteiger partial charge >= 0.3 is 0 Å². The molecule has 0 aliphatic rings. The second-order valence-electron chi connectivity index (χ2n) is 4.10. The Morgan fingerprint density at radius 1 is 1.59 bits per heavy atom. The van der Waals surface area contributed by atoms with Crippen LogP contribution in [-0.4, -0.2) is 16.1 Å². The Hall–Kier alpha value is -1.46. The van der Waals surface area contributed by atoms with E-state index in [2.05, 4.69) is 11.6 Å². The highest BCUT2D eigenvalue weighted by molar-refractivity contribution is 7.18. The summed E-state index contributed by atoms with van der Waals surface area (Å²) in [4.78, 5) is 18.5. The first-order valence-electron chi connectivity index (χ1n) is 5.36. The van der Waals surface area contributed by atoms with E-state index in [1.54, 1.807) is 22.2 Å². The number of aromatic nitrogens is 2. The second kappa shape index (κ2) is 4.43. The Bertz CT molecular complexity index is 639. The van der Waals surface area contributed by atoms with Gasteiger partial charge in [-0.15, -0.1) is 11.3 Å². The van der Waals surface area contributed by atoms with E-state index in [4.69, 9.17) is 5.73 Å². The predicted octanol–water partition coefficient (Wildman–Crippen LogP) is 1.59. The smallest absolute Gasteiger partial charge is 0.262 e. The Balaban J connectivity index is 2.61. The lowest BCUT2D eigenvalue weighted by Crippen LogP contribution is -2.23. The monoisotopic (exact) mass is 249 g/mol. The zero-order chi connectivity index (χ0) is 12.6. The molecule has 2 aromatic rings. The molecule has 90 valence electrons. The van der Waals surface area contributed by atoms with Gasteiger partial charge in [-0.2, -0.15) is 0 Å². The van der Waals surface area contributed by atoms with Crippen molar-refractivity contribution < 1.29 is 0 Å². The minimum Gasteiger partial charge on any atom is -0.327 e. The highest BCUT2D eigenvalue weighted by atomic mass is 32.1. The summed E-state index contributed by atoms with van der Waals surface area (Å²) in [6, 6.07) is 0. The van der Waals surface area contributed by atoms with Crippen LogP contribution in [0.15, 0.2) is 23.3 Å². The number of hydrogen-bond donors (Lipinski definition) is 1. The van der Waals surface area contributed by atoms with Gasteiger partial charge in [0, 0.05) is 18.0 Å². The van der Waals surface area contributed by atoms with Crippen molar-refractivity contribution in [2.75, 3.05) is 6.54 Å². The van der Waals surface area contributed by atoms with Gasteiger partial charge in [0.2, 0.25) is 0 Å². The highest BCUT2D eigenvalue weighted by Gasteiger charge is 2.11. The van der Waals surface area contributed by atoms with E-state index in [1.807, 2.05) is 13.8 Å². The third kappa shape index (κ3) is 2.03. The Labute approximate surface area is 103 Å². The molecule has 0 aromatic carbocycles. The topological polar surface area (TPSA) is 60.9 Å². The van der Waals surface area contributed by atoms with E-state index in [1.165, 1.54) is 0 Å². The molecule has 2 aromatic heterocycles. The average Bonchev–Trinajstić information content (AvgIpc) is 2.59. The molecule has 2 heterocycles. The zero-order valence-corrected chi connectivity index (χ0v) is 10.8. The van der Waals surface area contributed by atoms with Crippen LogP contribution in [0.4, 0.5) is 0 Å². The number of rotatable bonds is 3. The Kier molecular flexibility index (Phi) is 3.13. The van der Waals surface area contributed by atoms with Crippen LogP contribution < -0.4 is 11.3 Å². The average molecular weight is 249 g/mol. The van der Waals surface area contributed by atoms with Crippen molar-refractivity contribution in [3.63, 3.8) is 0 Å². The molecule has 17 heavy (non-hydrogen) atoms. The first kappa shape index (κ1) is 12.0. The third-order valence-electron chi connectivity index (χ3n) is 2.84. The van der Waals surface area contributed by atoms with Crippen LogP contribution in [0.2, 0.25) is 0 Å². The van der Waals surface area contributed by atoms with E-state index >= 15 is 0 Å². The number of nitrogens with zero attached hydrogens (tertiary/aromatic N) is 2. The van der Waals surface area contributed by atoms with Gasteiger partial charge in [-0.05, 0) is 25.0 Å². The molecule has 0 bridgehead atoms. The van der Waals surface area contributed by atoms with Crippen molar-refractivity contribution in [2.45, 2.75) is 20.4 Å². The molecule has 0 aliphatic carbocycles. The molecule has 0 unspecified atom stereocenters. The van der Waals surface area contributed by atoms with Gasteiger partial charge in [0.05, 0.1) is 11.7 Å². The number of hydrogen-bond acceptors (Lipinski definition) is 4. The number of aryl methyl sites for hydroxylation is 2. The van der Waals surface area contributed by atoms with Gasteiger partial charge in [0.1, 0.15) is 4.83 Å². The Morgan fingerprint density at radius 3 is 2.94 bits per heavy atom. The van der Waals surface area contributed by atoms with Crippen LogP contribution in [0, 0.1) is 13.8 Å². The van der Waals surface area contributed by atoms with Gasteiger partial charge in [0.15, 0.2) is 0 Å². The molecule has 0 fully saturated rings. The molecule has 2 rings (SSSR count). The lowest BCUT2D eigenvalue weighted by molar-refractivity contribution is 0.727. The standard InChI is InChI=1S/C12H15N3OS/c1-7(4-13)5-15-6-14-11-10(12(15)16)8(2)9(3)17-11/h6H,1,4-5,13H2,2-3H3. The van der Waals surface area contributed by atoms with Gasteiger partial charge in [-0.3, -0.25) is 9.36 Å². The van der Waals surface area contributed by atoms with Gasteiger partial charge in [0.25, 0.3) is 5.56 Å². The maximum Gasteiger partial charge on any atom is 0.262 e. The molecule has 0 spiro atoms. The molecule has 2 N–H and O–H groups in total. The fraction of sp³-hybridized carbons (Fsp3) is 0.333.